The van der Waals surface area contributed by atoms with E-state index in [4.69, 9.17) is 14.6 Å². The summed E-state index contributed by atoms with van der Waals surface area (Å²) in [5, 5.41) is 14.7. The van der Waals surface area contributed by atoms with E-state index in [1.807, 2.05) is 0 Å². The molecule has 0 aromatic rings. The van der Waals surface area contributed by atoms with Crippen molar-refractivity contribution in [1.29, 1.82) is 0 Å². The minimum absolute atomic E-state index is 0.0659. The number of ether oxygens (including phenoxy) is 2. The number of nitrogens with one attached hydrogen (secondary N) is 2. The van der Waals surface area contributed by atoms with Crippen molar-refractivity contribution in [2.24, 2.45) is 0 Å². The Morgan fingerprint density at radius 3 is 2.56 bits per heavy atom. The molecule has 1 amide bonds. The number of amides is 1. The van der Waals surface area contributed by atoms with Gasteiger partial charge in [0.15, 0.2) is 0 Å². The molecule has 0 fully saturated rings. The Hall–Kier alpha value is -0.690. The Morgan fingerprint density at radius 1 is 1.38 bits per heavy atom. The molecule has 0 aliphatic heterocycles. The molecule has 0 radical (unpaired) electrons. The smallest absolute Gasteiger partial charge is 0.236 e. The highest BCUT2D eigenvalue weighted by Crippen LogP contribution is 1.89. The highest BCUT2D eigenvalue weighted by Gasteiger charge is 2.16. The number of aliphatic hydroxyl groups is 1. The van der Waals surface area contributed by atoms with Crippen LogP contribution in [0.25, 0.3) is 0 Å². The summed E-state index contributed by atoms with van der Waals surface area (Å²) in [6.45, 7) is 3.01. The van der Waals surface area contributed by atoms with Crippen LogP contribution in [0.3, 0.4) is 0 Å². The average Bonchev–Trinajstić information content (AvgIpc) is 2.28. The maximum Gasteiger partial charge on any atom is 0.236 e. The molecule has 0 bridgehead atoms. The molecule has 0 spiro atoms. The van der Waals surface area contributed by atoms with Crippen LogP contribution in [-0.4, -0.2) is 63.7 Å². The van der Waals surface area contributed by atoms with Gasteiger partial charge in [-0.1, -0.05) is 0 Å². The summed E-state index contributed by atoms with van der Waals surface area (Å²) in [6.07, 6.45) is 0. The van der Waals surface area contributed by atoms with Crippen LogP contribution in [0.1, 0.15) is 6.92 Å². The van der Waals surface area contributed by atoms with Crippen molar-refractivity contribution in [3.63, 3.8) is 0 Å². The SMILES string of the molecule is COCCNC(=O)C(C)NC(CO)COC. The summed E-state index contributed by atoms with van der Waals surface area (Å²) >= 11 is 0. The molecule has 0 heterocycles. The monoisotopic (exact) mass is 234 g/mol. The van der Waals surface area contributed by atoms with Crippen molar-refractivity contribution in [3.8, 4) is 0 Å². The topological polar surface area (TPSA) is 79.8 Å². The molecule has 0 aromatic heterocycles. The molecular formula is C10H22N2O4. The van der Waals surface area contributed by atoms with E-state index in [0.717, 1.165) is 0 Å². The van der Waals surface area contributed by atoms with Crippen LogP contribution in [-0.2, 0) is 14.3 Å². The summed E-state index contributed by atoms with van der Waals surface area (Å²) in [5.41, 5.74) is 0. The Balaban J connectivity index is 3.83. The molecule has 3 N–H and O–H groups in total. The van der Waals surface area contributed by atoms with Crippen LogP contribution in [0.2, 0.25) is 0 Å². The lowest BCUT2D eigenvalue weighted by molar-refractivity contribution is -0.123. The molecular weight excluding hydrogens is 212 g/mol. The zero-order chi connectivity index (χ0) is 12.4. The van der Waals surface area contributed by atoms with Crippen molar-refractivity contribution in [3.05, 3.63) is 0 Å². The van der Waals surface area contributed by atoms with Gasteiger partial charge in [-0.05, 0) is 6.92 Å². The van der Waals surface area contributed by atoms with Crippen LogP contribution in [0.4, 0.5) is 0 Å². The van der Waals surface area contributed by atoms with E-state index < -0.39 is 0 Å². The first-order valence-electron chi connectivity index (χ1n) is 5.28. The van der Waals surface area contributed by atoms with Crippen LogP contribution >= 0.6 is 0 Å². The molecule has 16 heavy (non-hydrogen) atoms. The van der Waals surface area contributed by atoms with Crippen LogP contribution in [0, 0.1) is 0 Å². The fourth-order valence-electron chi connectivity index (χ4n) is 1.21. The van der Waals surface area contributed by atoms with Crippen LogP contribution in [0.5, 0.6) is 0 Å². The molecule has 6 nitrogen and oxygen atoms in total. The third-order valence-electron chi connectivity index (χ3n) is 2.07. The van der Waals surface area contributed by atoms with E-state index in [2.05, 4.69) is 10.6 Å². The minimum Gasteiger partial charge on any atom is -0.395 e. The number of rotatable bonds is 9. The van der Waals surface area contributed by atoms with Gasteiger partial charge in [0, 0.05) is 20.8 Å². The first-order valence-corrected chi connectivity index (χ1v) is 5.28. The normalized spacial score (nSPS) is 14.5. The van der Waals surface area contributed by atoms with E-state index in [0.29, 0.717) is 19.8 Å². The lowest BCUT2D eigenvalue weighted by Gasteiger charge is -2.20. The Kier molecular flexibility index (Phi) is 9.12. The van der Waals surface area contributed by atoms with Crippen molar-refractivity contribution in [2.75, 3.05) is 40.6 Å². The third-order valence-corrected chi connectivity index (χ3v) is 2.07. The number of hydrogen-bond donors (Lipinski definition) is 3. The standard InChI is InChI=1S/C10H22N2O4/c1-8(10(14)11-4-5-15-2)12-9(6-13)7-16-3/h8-9,12-13H,4-7H2,1-3H3,(H,11,14). The van der Waals surface area contributed by atoms with Gasteiger partial charge in [0.05, 0.1) is 31.9 Å². The average molecular weight is 234 g/mol. The van der Waals surface area contributed by atoms with Crippen molar-refractivity contribution < 1.29 is 19.4 Å². The number of aliphatic hydroxyl groups excluding tert-OH is 1. The van der Waals surface area contributed by atoms with Gasteiger partial charge in [0.25, 0.3) is 0 Å². The number of methoxy groups -OCH3 is 2. The highest BCUT2D eigenvalue weighted by atomic mass is 16.5. The largest absolute Gasteiger partial charge is 0.395 e. The van der Waals surface area contributed by atoms with Crippen LogP contribution < -0.4 is 10.6 Å². The highest BCUT2D eigenvalue weighted by molar-refractivity contribution is 5.81. The van der Waals surface area contributed by atoms with Crippen molar-refractivity contribution in [2.45, 2.75) is 19.0 Å². The number of carbonyl (C=O) groups excluding carboxylic acids is 1. The van der Waals surface area contributed by atoms with Gasteiger partial charge in [-0.15, -0.1) is 0 Å². The minimum atomic E-state index is -0.371. The number of carbonyl (C=O) groups is 1. The third kappa shape index (κ3) is 6.73. The summed E-state index contributed by atoms with van der Waals surface area (Å²) in [6, 6.07) is -0.600. The Labute approximate surface area is 96.3 Å². The fourth-order valence-corrected chi connectivity index (χ4v) is 1.21. The summed E-state index contributed by atoms with van der Waals surface area (Å²) in [5.74, 6) is -0.119. The van der Waals surface area contributed by atoms with Gasteiger partial charge in [-0.2, -0.15) is 0 Å². The van der Waals surface area contributed by atoms with E-state index in [1.165, 1.54) is 0 Å². The first kappa shape index (κ1) is 15.3. The zero-order valence-corrected chi connectivity index (χ0v) is 10.2. The second kappa shape index (κ2) is 9.53. The molecule has 0 aliphatic rings. The molecule has 0 aliphatic carbocycles. The molecule has 0 aromatic carbocycles. The molecule has 0 rings (SSSR count). The lowest BCUT2D eigenvalue weighted by atomic mass is 10.2. The van der Waals surface area contributed by atoms with E-state index in [9.17, 15) is 4.79 Å². The molecule has 0 saturated carbocycles. The summed E-state index contributed by atoms with van der Waals surface area (Å²) in [4.78, 5) is 11.5. The van der Waals surface area contributed by atoms with Crippen molar-refractivity contribution >= 4 is 5.91 Å². The van der Waals surface area contributed by atoms with Gasteiger partial charge < -0.3 is 19.9 Å². The fraction of sp³-hybridized carbons (Fsp3) is 0.900. The van der Waals surface area contributed by atoms with E-state index >= 15 is 0 Å². The molecule has 96 valence electrons. The lowest BCUT2D eigenvalue weighted by Crippen LogP contribution is -2.49. The first-order chi connectivity index (χ1) is 7.65. The van der Waals surface area contributed by atoms with Gasteiger partial charge in [-0.3, -0.25) is 10.1 Å². The molecule has 2 atom stereocenters. The number of hydrogen-bond acceptors (Lipinski definition) is 5. The molecule has 0 saturated heterocycles. The van der Waals surface area contributed by atoms with Gasteiger partial charge in [-0.25, -0.2) is 0 Å². The zero-order valence-electron chi connectivity index (χ0n) is 10.2. The maximum atomic E-state index is 11.5. The predicted molar refractivity (Wildman–Crippen MR) is 60.2 cm³/mol. The second-order valence-corrected chi connectivity index (χ2v) is 3.51. The van der Waals surface area contributed by atoms with E-state index in [1.54, 1.807) is 21.1 Å². The molecule has 2 unspecified atom stereocenters. The molecule has 6 heteroatoms. The van der Waals surface area contributed by atoms with Gasteiger partial charge >= 0.3 is 0 Å². The van der Waals surface area contributed by atoms with Crippen molar-refractivity contribution in [1.82, 2.24) is 10.6 Å². The van der Waals surface area contributed by atoms with Gasteiger partial charge in [0.1, 0.15) is 0 Å². The predicted octanol–water partition coefficient (Wildman–Crippen LogP) is -1.27. The quantitative estimate of drug-likeness (QED) is 0.434. The van der Waals surface area contributed by atoms with Crippen LogP contribution in [0.15, 0.2) is 0 Å². The second-order valence-electron chi connectivity index (χ2n) is 3.51. The Morgan fingerprint density at radius 2 is 2.06 bits per heavy atom. The Bertz CT molecular complexity index is 190. The summed E-state index contributed by atoms with van der Waals surface area (Å²) < 4.78 is 9.72. The summed E-state index contributed by atoms with van der Waals surface area (Å²) in [7, 11) is 3.13. The maximum absolute atomic E-state index is 11.5. The van der Waals surface area contributed by atoms with Gasteiger partial charge in [0.2, 0.25) is 5.91 Å². The van der Waals surface area contributed by atoms with E-state index in [-0.39, 0.29) is 24.6 Å².